The van der Waals surface area contributed by atoms with Gasteiger partial charge in [-0.3, -0.25) is 14.9 Å². The molecule has 1 amide bonds. The number of hydrogen-bond donors (Lipinski definition) is 1. The first-order chi connectivity index (χ1) is 9.40. The van der Waals surface area contributed by atoms with E-state index >= 15 is 0 Å². The van der Waals surface area contributed by atoms with Crippen molar-refractivity contribution in [2.24, 2.45) is 5.92 Å². The molecule has 6 heteroatoms. The van der Waals surface area contributed by atoms with Crippen LogP contribution >= 0.6 is 0 Å². The Hall–Kier alpha value is -1.98. The molecule has 0 aliphatic heterocycles. The van der Waals surface area contributed by atoms with Gasteiger partial charge in [0.1, 0.15) is 5.82 Å². The number of halogens is 1. The molecule has 0 heterocycles. The van der Waals surface area contributed by atoms with E-state index in [9.17, 15) is 19.3 Å². The monoisotopic (exact) mass is 280 g/mol. The summed E-state index contributed by atoms with van der Waals surface area (Å²) in [5.41, 5.74) is -0.436. The number of nitrogens with one attached hydrogen (secondary N) is 1. The average molecular weight is 280 g/mol. The molecule has 0 bridgehead atoms. The van der Waals surface area contributed by atoms with E-state index in [1.54, 1.807) is 0 Å². The first-order valence-corrected chi connectivity index (χ1v) is 6.65. The molecule has 0 saturated heterocycles. The van der Waals surface area contributed by atoms with E-state index in [-0.39, 0.29) is 22.9 Å². The number of amides is 1. The molecule has 0 aromatic heterocycles. The van der Waals surface area contributed by atoms with E-state index in [0.29, 0.717) is 5.92 Å². The van der Waals surface area contributed by atoms with Crippen LogP contribution in [0.25, 0.3) is 0 Å². The third-order valence-corrected chi connectivity index (χ3v) is 3.91. The largest absolute Gasteiger partial charge is 0.349 e. The maximum Gasteiger partial charge on any atom is 0.270 e. The minimum absolute atomic E-state index is 0.0461. The fraction of sp³-hybridized carbons (Fsp3) is 0.500. The Balaban J connectivity index is 2.21. The van der Waals surface area contributed by atoms with Gasteiger partial charge in [-0.1, -0.05) is 6.42 Å². The topological polar surface area (TPSA) is 72.2 Å². The highest BCUT2D eigenvalue weighted by Gasteiger charge is 2.27. The molecule has 1 aliphatic carbocycles. The van der Waals surface area contributed by atoms with E-state index in [0.717, 1.165) is 31.4 Å². The highest BCUT2D eigenvalue weighted by Crippen LogP contribution is 2.29. The van der Waals surface area contributed by atoms with Crippen LogP contribution in [0.2, 0.25) is 0 Å². The van der Waals surface area contributed by atoms with E-state index in [1.165, 1.54) is 6.92 Å². The fourth-order valence-electron chi connectivity index (χ4n) is 2.36. The number of benzene rings is 1. The van der Waals surface area contributed by atoms with Gasteiger partial charge in [-0.2, -0.15) is 0 Å². The highest BCUT2D eigenvalue weighted by molar-refractivity contribution is 5.95. The maximum absolute atomic E-state index is 14.0. The number of hydrogen-bond acceptors (Lipinski definition) is 3. The van der Waals surface area contributed by atoms with Crippen LogP contribution in [0.3, 0.4) is 0 Å². The standard InChI is InChI=1S/C14H17FN2O3/c1-8-6-11(17(19)20)7-12(13(8)15)14(18)16-9(2)10-4-3-5-10/h6-7,9-10H,3-5H2,1-2H3,(H,16,18). The second-order valence-corrected chi connectivity index (χ2v) is 5.33. The number of nitro benzene ring substituents is 1. The average Bonchev–Trinajstić information content (AvgIpc) is 2.29. The van der Waals surface area contributed by atoms with Crippen molar-refractivity contribution in [1.29, 1.82) is 0 Å². The number of carbonyl (C=O) groups is 1. The quantitative estimate of drug-likeness (QED) is 0.680. The van der Waals surface area contributed by atoms with E-state index < -0.39 is 16.6 Å². The minimum atomic E-state index is -0.700. The molecular weight excluding hydrogens is 263 g/mol. The van der Waals surface area contributed by atoms with Gasteiger partial charge in [0.15, 0.2) is 0 Å². The van der Waals surface area contributed by atoms with Crippen LogP contribution in [0.15, 0.2) is 12.1 Å². The molecule has 0 radical (unpaired) electrons. The summed E-state index contributed by atoms with van der Waals surface area (Å²) in [6, 6.07) is 2.07. The Morgan fingerprint density at radius 2 is 2.15 bits per heavy atom. The molecule has 1 fully saturated rings. The van der Waals surface area contributed by atoms with Crippen molar-refractivity contribution in [2.75, 3.05) is 0 Å². The molecule has 0 spiro atoms. The summed E-state index contributed by atoms with van der Waals surface area (Å²) in [7, 11) is 0. The molecule has 1 atom stereocenters. The van der Waals surface area contributed by atoms with Gasteiger partial charge >= 0.3 is 0 Å². The molecule has 1 N–H and O–H groups in total. The van der Waals surface area contributed by atoms with Gasteiger partial charge < -0.3 is 5.32 Å². The van der Waals surface area contributed by atoms with Gasteiger partial charge in [0.25, 0.3) is 11.6 Å². The lowest BCUT2D eigenvalue weighted by molar-refractivity contribution is -0.385. The Morgan fingerprint density at radius 1 is 1.50 bits per heavy atom. The predicted molar refractivity (Wildman–Crippen MR) is 72.1 cm³/mol. The van der Waals surface area contributed by atoms with Gasteiger partial charge in [0, 0.05) is 18.2 Å². The SMILES string of the molecule is Cc1cc([N+](=O)[O-])cc(C(=O)NC(C)C2CCC2)c1F. The summed E-state index contributed by atoms with van der Waals surface area (Å²) in [5, 5.41) is 13.5. The molecule has 108 valence electrons. The van der Waals surface area contributed by atoms with Crippen LogP contribution in [-0.4, -0.2) is 16.9 Å². The Kier molecular flexibility index (Phi) is 4.01. The third-order valence-electron chi connectivity index (χ3n) is 3.91. The lowest BCUT2D eigenvalue weighted by Gasteiger charge is -2.31. The zero-order chi connectivity index (χ0) is 14.9. The first kappa shape index (κ1) is 14.4. The zero-order valence-corrected chi connectivity index (χ0v) is 11.5. The summed E-state index contributed by atoms with van der Waals surface area (Å²) in [6.45, 7) is 3.29. The minimum Gasteiger partial charge on any atom is -0.349 e. The van der Waals surface area contributed by atoms with Crippen LogP contribution in [0, 0.1) is 28.8 Å². The van der Waals surface area contributed by atoms with Gasteiger partial charge in [0.2, 0.25) is 0 Å². The normalized spacial score (nSPS) is 16.4. The van der Waals surface area contributed by atoms with E-state index in [4.69, 9.17) is 0 Å². The number of aryl methyl sites for hydroxylation is 1. The third kappa shape index (κ3) is 2.79. The highest BCUT2D eigenvalue weighted by atomic mass is 19.1. The summed E-state index contributed by atoms with van der Waals surface area (Å²) >= 11 is 0. The summed E-state index contributed by atoms with van der Waals surface area (Å²) in [4.78, 5) is 22.2. The molecule has 1 aliphatic rings. The molecule has 20 heavy (non-hydrogen) atoms. The van der Waals surface area contributed by atoms with Crippen molar-refractivity contribution in [1.82, 2.24) is 5.32 Å². The van der Waals surface area contributed by atoms with Crippen molar-refractivity contribution < 1.29 is 14.1 Å². The molecule has 1 aromatic carbocycles. The molecule has 1 saturated carbocycles. The van der Waals surface area contributed by atoms with Crippen molar-refractivity contribution in [3.63, 3.8) is 0 Å². The van der Waals surface area contributed by atoms with Crippen LogP contribution in [0.1, 0.15) is 42.1 Å². The van der Waals surface area contributed by atoms with Crippen molar-refractivity contribution in [2.45, 2.75) is 39.2 Å². The van der Waals surface area contributed by atoms with Gasteiger partial charge in [-0.05, 0) is 38.2 Å². The molecule has 5 nitrogen and oxygen atoms in total. The Bertz CT molecular complexity index is 556. The number of non-ortho nitro benzene ring substituents is 1. The van der Waals surface area contributed by atoms with Gasteiger partial charge in [0.05, 0.1) is 10.5 Å². The van der Waals surface area contributed by atoms with Crippen molar-refractivity contribution in [3.8, 4) is 0 Å². The van der Waals surface area contributed by atoms with E-state index in [2.05, 4.69) is 5.32 Å². The van der Waals surface area contributed by atoms with Gasteiger partial charge in [-0.25, -0.2) is 4.39 Å². The van der Waals surface area contributed by atoms with Crippen molar-refractivity contribution in [3.05, 3.63) is 39.2 Å². The number of nitro groups is 1. The first-order valence-electron chi connectivity index (χ1n) is 6.65. The second kappa shape index (κ2) is 5.56. The fourth-order valence-corrected chi connectivity index (χ4v) is 2.36. The lowest BCUT2D eigenvalue weighted by Crippen LogP contribution is -2.41. The molecular formula is C14H17FN2O3. The second-order valence-electron chi connectivity index (χ2n) is 5.33. The number of rotatable bonds is 4. The summed E-state index contributed by atoms with van der Waals surface area (Å²) in [6.07, 6.45) is 3.25. The smallest absolute Gasteiger partial charge is 0.270 e. The predicted octanol–water partition coefficient (Wildman–Crippen LogP) is 2.96. The summed E-state index contributed by atoms with van der Waals surface area (Å²) < 4.78 is 14.0. The molecule has 1 aromatic rings. The van der Waals surface area contributed by atoms with Gasteiger partial charge in [-0.15, -0.1) is 0 Å². The number of carbonyl (C=O) groups excluding carboxylic acids is 1. The van der Waals surface area contributed by atoms with E-state index in [1.807, 2.05) is 6.92 Å². The molecule has 1 unspecified atom stereocenters. The summed E-state index contributed by atoms with van der Waals surface area (Å²) in [5.74, 6) is -0.871. The maximum atomic E-state index is 14.0. The van der Waals surface area contributed by atoms with Crippen LogP contribution < -0.4 is 5.32 Å². The Morgan fingerprint density at radius 3 is 2.65 bits per heavy atom. The lowest BCUT2D eigenvalue weighted by atomic mass is 9.80. The Labute approximate surface area is 116 Å². The number of nitrogens with zero attached hydrogens (tertiary/aromatic N) is 1. The molecule has 2 rings (SSSR count). The van der Waals surface area contributed by atoms with Crippen molar-refractivity contribution >= 4 is 11.6 Å². The van der Waals surface area contributed by atoms with Crippen LogP contribution in [-0.2, 0) is 0 Å². The zero-order valence-electron chi connectivity index (χ0n) is 11.5. The van der Waals surface area contributed by atoms with Crippen LogP contribution in [0.5, 0.6) is 0 Å². The van der Waals surface area contributed by atoms with Crippen LogP contribution in [0.4, 0.5) is 10.1 Å².